The first kappa shape index (κ1) is 10.9. The molecule has 0 amide bonds. The van der Waals surface area contributed by atoms with Crippen molar-refractivity contribution in [2.24, 2.45) is 0 Å². The van der Waals surface area contributed by atoms with Crippen molar-refractivity contribution in [3.63, 3.8) is 0 Å². The van der Waals surface area contributed by atoms with Gasteiger partial charge in [0, 0.05) is 17.1 Å². The molecular weight excluding hydrogens is 261 g/mol. The second-order valence-corrected chi connectivity index (χ2v) is 4.57. The lowest BCUT2D eigenvalue weighted by Crippen LogP contribution is -2.23. The second kappa shape index (κ2) is 4.94. The second-order valence-electron chi connectivity index (χ2n) is 3.65. The molecule has 0 bridgehead atoms. The third-order valence-corrected chi connectivity index (χ3v) is 2.76. The Morgan fingerprint density at radius 1 is 1.47 bits per heavy atom. The Morgan fingerprint density at radius 3 is 3.00 bits per heavy atom. The minimum atomic E-state index is -0.315. The highest BCUT2D eigenvalue weighted by atomic mass is 79.9. The maximum atomic E-state index is 13.2. The van der Waals surface area contributed by atoms with E-state index >= 15 is 0 Å². The molecule has 1 aliphatic rings. The van der Waals surface area contributed by atoms with Crippen molar-refractivity contribution in [1.29, 1.82) is 0 Å². The van der Waals surface area contributed by atoms with E-state index in [-0.39, 0.29) is 5.82 Å². The molecule has 1 aromatic rings. The lowest BCUT2D eigenvalue weighted by Gasteiger charge is -2.08. The van der Waals surface area contributed by atoms with E-state index in [0.717, 1.165) is 11.0 Å². The molecule has 15 heavy (non-hydrogen) atoms. The van der Waals surface area contributed by atoms with E-state index < -0.39 is 0 Å². The average molecular weight is 274 g/mol. The number of hydrogen-bond donors (Lipinski definition) is 1. The molecule has 4 heteroatoms. The van der Waals surface area contributed by atoms with Crippen LogP contribution in [0.3, 0.4) is 0 Å². The molecule has 82 valence electrons. The summed E-state index contributed by atoms with van der Waals surface area (Å²) in [5.74, 6) is -0.00778. The molecular formula is C11H13BrFNO. The van der Waals surface area contributed by atoms with Gasteiger partial charge in [-0.2, -0.15) is 0 Å². The first-order chi connectivity index (χ1) is 7.25. The Hall–Kier alpha value is -0.610. The standard InChI is InChI=1S/C11H13BrFNO/c12-8-1-4-10(13)11(7-8)15-6-5-14-9-2-3-9/h1,4,7,9,14H,2-3,5-6H2. The molecule has 0 spiro atoms. The SMILES string of the molecule is Fc1ccc(Br)cc1OCCNC1CC1. The van der Waals surface area contributed by atoms with Gasteiger partial charge in [0.1, 0.15) is 6.61 Å². The monoisotopic (exact) mass is 273 g/mol. The summed E-state index contributed by atoms with van der Waals surface area (Å²) < 4.78 is 19.4. The van der Waals surface area contributed by atoms with Crippen LogP contribution in [0.5, 0.6) is 5.75 Å². The summed E-state index contributed by atoms with van der Waals surface area (Å²) in [5.41, 5.74) is 0. The first-order valence-electron chi connectivity index (χ1n) is 5.07. The summed E-state index contributed by atoms with van der Waals surface area (Å²) in [6.07, 6.45) is 2.51. The third-order valence-electron chi connectivity index (χ3n) is 2.26. The maximum absolute atomic E-state index is 13.2. The van der Waals surface area contributed by atoms with Gasteiger partial charge in [0.15, 0.2) is 11.6 Å². The van der Waals surface area contributed by atoms with Crippen molar-refractivity contribution in [1.82, 2.24) is 5.32 Å². The number of hydrogen-bond acceptors (Lipinski definition) is 2. The summed E-state index contributed by atoms with van der Waals surface area (Å²) in [5, 5.41) is 3.30. The van der Waals surface area contributed by atoms with Gasteiger partial charge in [-0.05, 0) is 31.0 Å². The van der Waals surface area contributed by atoms with Crippen LogP contribution in [0.25, 0.3) is 0 Å². The number of ether oxygens (including phenoxy) is 1. The first-order valence-corrected chi connectivity index (χ1v) is 5.86. The zero-order valence-electron chi connectivity index (χ0n) is 8.30. The molecule has 0 heterocycles. The van der Waals surface area contributed by atoms with Crippen molar-refractivity contribution in [2.75, 3.05) is 13.2 Å². The van der Waals surface area contributed by atoms with Crippen LogP contribution in [0.4, 0.5) is 4.39 Å². The summed E-state index contributed by atoms with van der Waals surface area (Å²) in [6, 6.07) is 5.37. The zero-order chi connectivity index (χ0) is 10.7. The highest BCUT2D eigenvalue weighted by molar-refractivity contribution is 9.10. The minimum Gasteiger partial charge on any atom is -0.489 e. The van der Waals surface area contributed by atoms with Gasteiger partial charge in [0.25, 0.3) is 0 Å². The van der Waals surface area contributed by atoms with E-state index in [2.05, 4.69) is 21.2 Å². The zero-order valence-corrected chi connectivity index (χ0v) is 9.89. The van der Waals surface area contributed by atoms with E-state index in [1.165, 1.54) is 18.9 Å². The van der Waals surface area contributed by atoms with Gasteiger partial charge in [-0.3, -0.25) is 0 Å². The molecule has 2 rings (SSSR count). The molecule has 1 N–H and O–H groups in total. The van der Waals surface area contributed by atoms with Crippen LogP contribution < -0.4 is 10.1 Å². The number of halogens is 2. The van der Waals surface area contributed by atoms with Gasteiger partial charge >= 0.3 is 0 Å². The van der Waals surface area contributed by atoms with E-state index in [0.29, 0.717) is 18.4 Å². The largest absolute Gasteiger partial charge is 0.489 e. The van der Waals surface area contributed by atoms with E-state index in [4.69, 9.17) is 4.74 Å². The number of benzene rings is 1. The highest BCUT2D eigenvalue weighted by Crippen LogP contribution is 2.22. The molecule has 1 fully saturated rings. The topological polar surface area (TPSA) is 21.3 Å². The molecule has 0 atom stereocenters. The van der Waals surface area contributed by atoms with Crippen LogP contribution in [0.15, 0.2) is 22.7 Å². The summed E-state index contributed by atoms with van der Waals surface area (Å²) in [4.78, 5) is 0. The molecule has 1 saturated carbocycles. The van der Waals surface area contributed by atoms with Gasteiger partial charge in [-0.1, -0.05) is 15.9 Å². The van der Waals surface area contributed by atoms with Crippen molar-refractivity contribution in [3.8, 4) is 5.75 Å². The number of rotatable bonds is 5. The van der Waals surface area contributed by atoms with Crippen molar-refractivity contribution >= 4 is 15.9 Å². The molecule has 0 radical (unpaired) electrons. The normalized spacial score (nSPS) is 15.3. The summed E-state index contributed by atoms with van der Waals surface area (Å²) >= 11 is 3.28. The summed E-state index contributed by atoms with van der Waals surface area (Å²) in [7, 11) is 0. The maximum Gasteiger partial charge on any atom is 0.165 e. The fourth-order valence-corrected chi connectivity index (χ4v) is 1.64. The van der Waals surface area contributed by atoms with Gasteiger partial charge in [0.05, 0.1) is 0 Å². The molecule has 0 saturated heterocycles. The molecule has 2 nitrogen and oxygen atoms in total. The van der Waals surface area contributed by atoms with Crippen molar-refractivity contribution < 1.29 is 9.13 Å². The van der Waals surface area contributed by atoms with E-state index in [1.54, 1.807) is 12.1 Å². The smallest absolute Gasteiger partial charge is 0.165 e. The molecule has 0 aliphatic heterocycles. The Kier molecular flexibility index (Phi) is 3.59. The van der Waals surface area contributed by atoms with Crippen LogP contribution in [0, 0.1) is 5.82 Å². The fourth-order valence-electron chi connectivity index (χ4n) is 1.30. The van der Waals surface area contributed by atoms with Gasteiger partial charge in [0.2, 0.25) is 0 Å². The Bertz CT molecular complexity index is 341. The lowest BCUT2D eigenvalue weighted by atomic mass is 10.3. The molecule has 1 aliphatic carbocycles. The molecule has 1 aromatic carbocycles. The fraction of sp³-hybridized carbons (Fsp3) is 0.455. The average Bonchev–Trinajstić information content (AvgIpc) is 3.01. The lowest BCUT2D eigenvalue weighted by molar-refractivity contribution is 0.298. The van der Waals surface area contributed by atoms with Crippen LogP contribution in [-0.2, 0) is 0 Å². The Morgan fingerprint density at radius 2 is 2.27 bits per heavy atom. The Balaban J connectivity index is 1.78. The summed E-state index contributed by atoms with van der Waals surface area (Å²) in [6.45, 7) is 1.28. The number of nitrogens with one attached hydrogen (secondary N) is 1. The van der Waals surface area contributed by atoms with Gasteiger partial charge in [-0.25, -0.2) is 4.39 Å². The highest BCUT2D eigenvalue weighted by Gasteiger charge is 2.19. The van der Waals surface area contributed by atoms with E-state index in [1.807, 2.05) is 0 Å². The van der Waals surface area contributed by atoms with Crippen molar-refractivity contribution in [2.45, 2.75) is 18.9 Å². The van der Waals surface area contributed by atoms with Crippen LogP contribution in [0.2, 0.25) is 0 Å². The van der Waals surface area contributed by atoms with Gasteiger partial charge in [-0.15, -0.1) is 0 Å². The predicted octanol–water partition coefficient (Wildman–Crippen LogP) is 2.72. The van der Waals surface area contributed by atoms with Crippen LogP contribution >= 0.6 is 15.9 Å². The molecule has 0 unspecified atom stereocenters. The van der Waals surface area contributed by atoms with Crippen LogP contribution in [-0.4, -0.2) is 19.2 Å². The minimum absolute atomic E-state index is 0.307. The molecule has 0 aromatic heterocycles. The van der Waals surface area contributed by atoms with Crippen LogP contribution in [0.1, 0.15) is 12.8 Å². The van der Waals surface area contributed by atoms with Crippen molar-refractivity contribution in [3.05, 3.63) is 28.5 Å². The Labute approximate surface area is 96.9 Å². The third kappa shape index (κ3) is 3.47. The quantitative estimate of drug-likeness (QED) is 0.833. The van der Waals surface area contributed by atoms with E-state index in [9.17, 15) is 4.39 Å². The van der Waals surface area contributed by atoms with Gasteiger partial charge < -0.3 is 10.1 Å². The predicted molar refractivity (Wildman–Crippen MR) is 60.6 cm³/mol.